The Bertz CT molecular complexity index is 104. The Morgan fingerprint density at radius 1 is 1.25 bits per heavy atom. The minimum absolute atomic E-state index is 0.781. The second-order valence-corrected chi connectivity index (χ2v) is 4.06. The van der Waals surface area contributed by atoms with E-state index in [4.69, 9.17) is 0 Å². The van der Waals surface area contributed by atoms with Gasteiger partial charge in [-0.15, -0.1) is 0 Å². The standard InChI is InChI=1S/C10H22BN/c1-2-10(12-11)9-7-5-3-4-6-8-9/h9-10,12H,2-8,11H2,1H3. The van der Waals surface area contributed by atoms with Crippen molar-refractivity contribution in [2.75, 3.05) is 0 Å². The molecule has 1 fully saturated rings. The molecule has 70 valence electrons. The summed E-state index contributed by atoms with van der Waals surface area (Å²) in [6.45, 7) is 2.30. The van der Waals surface area contributed by atoms with E-state index in [1.807, 2.05) is 0 Å². The van der Waals surface area contributed by atoms with Gasteiger partial charge in [-0.25, -0.2) is 0 Å². The molecule has 1 unspecified atom stereocenters. The van der Waals surface area contributed by atoms with Gasteiger partial charge in [-0.1, -0.05) is 32.6 Å². The van der Waals surface area contributed by atoms with Crippen LogP contribution in [0.15, 0.2) is 0 Å². The summed E-state index contributed by atoms with van der Waals surface area (Å²) >= 11 is 0. The molecule has 1 aliphatic rings. The van der Waals surface area contributed by atoms with Gasteiger partial charge in [-0.2, -0.15) is 0 Å². The first-order valence-corrected chi connectivity index (χ1v) is 5.55. The van der Waals surface area contributed by atoms with Crippen LogP contribution in [0.1, 0.15) is 51.9 Å². The molecular formula is C10H22BN. The molecule has 0 aromatic rings. The van der Waals surface area contributed by atoms with Crippen LogP contribution in [0, 0.1) is 5.92 Å². The predicted octanol–water partition coefficient (Wildman–Crippen LogP) is 1.87. The number of rotatable bonds is 3. The maximum absolute atomic E-state index is 3.45. The molecular weight excluding hydrogens is 145 g/mol. The van der Waals surface area contributed by atoms with E-state index in [2.05, 4.69) is 20.1 Å². The first-order chi connectivity index (χ1) is 5.88. The highest BCUT2D eigenvalue weighted by Gasteiger charge is 2.18. The lowest BCUT2D eigenvalue weighted by molar-refractivity contribution is 0.348. The average molecular weight is 167 g/mol. The third-order valence-electron chi connectivity index (χ3n) is 3.28. The normalized spacial score (nSPS) is 23.4. The van der Waals surface area contributed by atoms with Crippen LogP contribution in [0.3, 0.4) is 0 Å². The average Bonchev–Trinajstić information content (AvgIpc) is 2.35. The summed E-state index contributed by atoms with van der Waals surface area (Å²) in [6.07, 6.45) is 10.1. The van der Waals surface area contributed by atoms with Gasteiger partial charge in [0.25, 0.3) is 0 Å². The molecule has 2 heteroatoms. The van der Waals surface area contributed by atoms with Crippen molar-refractivity contribution in [3.05, 3.63) is 0 Å². The second-order valence-electron chi connectivity index (χ2n) is 4.06. The van der Waals surface area contributed by atoms with Gasteiger partial charge < -0.3 is 5.23 Å². The Kier molecular flexibility index (Phi) is 4.74. The van der Waals surface area contributed by atoms with E-state index in [-0.39, 0.29) is 0 Å². The molecule has 0 spiro atoms. The lowest BCUT2D eigenvalue weighted by Crippen LogP contribution is -2.33. The van der Waals surface area contributed by atoms with Gasteiger partial charge in [-0.05, 0) is 31.2 Å². The molecule has 0 amide bonds. The van der Waals surface area contributed by atoms with E-state index < -0.39 is 0 Å². The molecule has 1 rings (SSSR count). The highest BCUT2D eigenvalue weighted by Crippen LogP contribution is 2.26. The molecule has 0 heterocycles. The summed E-state index contributed by atoms with van der Waals surface area (Å²) in [5.74, 6) is 0.961. The maximum Gasteiger partial charge on any atom is 0.182 e. The van der Waals surface area contributed by atoms with Crippen LogP contribution in [0.5, 0.6) is 0 Å². The first kappa shape index (κ1) is 10.1. The Morgan fingerprint density at radius 3 is 2.25 bits per heavy atom. The van der Waals surface area contributed by atoms with Crippen molar-refractivity contribution < 1.29 is 0 Å². The van der Waals surface area contributed by atoms with E-state index >= 15 is 0 Å². The van der Waals surface area contributed by atoms with Gasteiger partial charge in [0.05, 0.1) is 0 Å². The van der Waals surface area contributed by atoms with Crippen LogP contribution in [-0.2, 0) is 0 Å². The Labute approximate surface area is 77.7 Å². The fraction of sp³-hybridized carbons (Fsp3) is 1.00. The molecule has 12 heavy (non-hydrogen) atoms. The highest BCUT2D eigenvalue weighted by atomic mass is 14.8. The van der Waals surface area contributed by atoms with E-state index in [1.54, 1.807) is 0 Å². The van der Waals surface area contributed by atoms with E-state index in [0.717, 1.165) is 12.0 Å². The fourth-order valence-corrected chi connectivity index (χ4v) is 2.49. The van der Waals surface area contributed by atoms with Crippen LogP contribution in [0.4, 0.5) is 0 Å². The maximum atomic E-state index is 3.45. The third-order valence-corrected chi connectivity index (χ3v) is 3.28. The summed E-state index contributed by atoms with van der Waals surface area (Å²) in [7, 11) is 2.11. The van der Waals surface area contributed by atoms with Crippen LogP contribution in [-0.4, -0.2) is 14.0 Å². The summed E-state index contributed by atoms with van der Waals surface area (Å²) in [4.78, 5) is 0. The minimum Gasteiger partial charge on any atom is -0.359 e. The molecule has 1 nitrogen and oxygen atoms in total. The van der Waals surface area contributed by atoms with Crippen molar-refractivity contribution in [2.24, 2.45) is 5.92 Å². The monoisotopic (exact) mass is 167 g/mol. The van der Waals surface area contributed by atoms with Gasteiger partial charge in [0.1, 0.15) is 0 Å². The van der Waals surface area contributed by atoms with Gasteiger partial charge in [0.2, 0.25) is 0 Å². The third kappa shape index (κ3) is 2.82. The Morgan fingerprint density at radius 2 is 1.83 bits per heavy atom. The topological polar surface area (TPSA) is 12.0 Å². The molecule has 0 aliphatic heterocycles. The van der Waals surface area contributed by atoms with Crippen molar-refractivity contribution in [3.63, 3.8) is 0 Å². The lowest BCUT2D eigenvalue weighted by atomic mass is 9.89. The molecule has 0 saturated heterocycles. The predicted molar refractivity (Wildman–Crippen MR) is 57.0 cm³/mol. The molecule has 1 saturated carbocycles. The fourth-order valence-electron chi connectivity index (χ4n) is 2.49. The zero-order valence-corrected chi connectivity index (χ0v) is 8.60. The molecule has 0 bridgehead atoms. The van der Waals surface area contributed by atoms with Crippen molar-refractivity contribution in [2.45, 2.75) is 57.9 Å². The molecule has 0 radical (unpaired) electrons. The van der Waals surface area contributed by atoms with Crippen molar-refractivity contribution in [1.82, 2.24) is 5.23 Å². The summed E-state index contributed by atoms with van der Waals surface area (Å²) in [5, 5.41) is 3.45. The lowest BCUT2D eigenvalue weighted by Gasteiger charge is -2.24. The Balaban J connectivity index is 2.35. The Hall–Kier alpha value is 0.0249. The van der Waals surface area contributed by atoms with Crippen molar-refractivity contribution >= 4 is 7.98 Å². The van der Waals surface area contributed by atoms with Crippen molar-refractivity contribution in [1.29, 1.82) is 0 Å². The van der Waals surface area contributed by atoms with Gasteiger partial charge in [0.15, 0.2) is 7.98 Å². The van der Waals surface area contributed by atoms with E-state index in [0.29, 0.717) is 0 Å². The largest absolute Gasteiger partial charge is 0.359 e. The smallest absolute Gasteiger partial charge is 0.182 e. The summed E-state index contributed by atoms with van der Waals surface area (Å²) < 4.78 is 0. The number of hydrogen-bond acceptors (Lipinski definition) is 1. The quantitative estimate of drug-likeness (QED) is 0.499. The molecule has 1 aliphatic carbocycles. The highest BCUT2D eigenvalue weighted by molar-refractivity contribution is 6.04. The van der Waals surface area contributed by atoms with Gasteiger partial charge in [0, 0.05) is 0 Å². The van der Waals surface area contributed by atoms with Gasteiger partial charge >= 0.3 is 0 Å². The molecule has 1 atom stereocenters. The van der Waals surface area contributed by atoms with E-state index in [9.17, 15) is 0 Å². The zero-order valence-electron chi connectivity index (χ0n) is 8.60. The van der Waals surface area contributed by atoms with Crippen LogP contribution in [0.2, 0.25) is 0 Å². The van der Waals surface area contributed by atoms with Crippen molar-refractivity contribution in [3.8, 4) is 0 Å². The van der Waals surface area contributed by atoms with E-state index in [1.165, 1.54) is 44.9 Å². The summed E-state index contributed by atoms with van der Waals surface area (Å²) in [6, 6.07) is 0.781. The van der Waals surface area contributed by atoms with Crippen LogP contribution >= 0.6 is 0 Å². The number of hydrogen-bond donors (Lipinski definition) is 1. The SMILES string of the molecule is BNC(CC)C1CCCCCC1. The minimum atomic E-state index is 0.781. The zero-order chi connectivity index (χ0) is 8.81. The molecule has 0 aromatic heterocycles. The van der Waals surface area contributed by atoms with Gasteiger partial charge in [-0.3, -0.25) is 0 Å². The first-order valence-electron chi connectivity index (χ1n) is 5.55. The number of nitrogens with one attached hydrogen (secondary N) is 1. The molecule has 1 N–H and O–H groups in total. The summed E-state index contributed by atoms with van der Waals surface area (Å²) in [5.41, 5.74) is 0. The molecule has 0 aromatic carbocycles. The van der Waals surface area contributed by atoms with Crippen LogP contribution in [0.25, 0.3) is 0 Å². The van der Waals surface area contributed by atoms with Crippen LogP contribution < -0.4 is 5.23 Å². The second kappa shape index (κ2) is 5.63.